The lowest BCUT2D eigenvalue weighted by molar-refractivity contribution is 0.141. The van der Waals surface area contributed by atoms with E-state index in [0.29, 0.717) is 5.92 Å². The highest BCUT2D eigenvalue weighted by atomic mass is 16.3. The Bertz CT molecular complexity index is 514. The van der Waals surface area contributed by atoms with Gasteiger partial charge < -0.3 is 5.11 Å². The molecule has 1 N–H and O–H groups in total. The Kier molecular flexibility index (Phi) is 4.08. The maximum atomic E-state index is 10.2. The Labute approximate surface area is 118 Å². The number of aromatic nitrogens is 3. The van der Waals surface area contributed by atoms with Gasteiger partial charge in [0.15, 0.2) is 0 Å². The topological polar surface area (TPSA) is 54.2 Å². The van der Waals surface area contributed by atoms with E-state index in [1.807, 2.05) is 10.7 Å². The smallest absolute Gasteiger partial charge is 0.137 e. The van der Waals surface area contributed by atoms with Crippen LogP contribution in [-0.4, -0.2) is 50.5 Å². The van der Waals surface area contributed by atoms with E-state index in [0.717, 1.165) is 32.6 Å². The zero-order valence-electron chi connectivity index (χ0n) is 11.5. The molecule has 0 unspecified atom stereocenters. The van der Waals surface area contributed by atoms with Crippen molar-refractivity contribution < 1.29 is 5.11 Å². The molecule has 0 spiro atoms. The van der Waals surface area contributed by atoms with Crippen LogP contribution in [0, 0.1) is 5.92 Å². The fourth-order valence-corrected chi connectivity index (χ4v) is 2.83. The summed E-state index contributed by atoms with van der Waals surface area (Å²) in [6, 6.07) is 10.4. The highest BCUT2D eigenvalue weighted by Gasteiger charge is 2.30. The van der Waals surface area contributed by atoms with Gasteiger partial charge in [-0.15, -0.1) is 0 Å². The molecule has 1 fully saturated rings. The van der Waals surface area contributed by atoms with Crippen LogP contribution in [0.3, 0.4) is 0 Å². The molecule has 0 radical (unpaired) electrons. The van der Waals surface area contributed by atoms with Crippen LogP contribution < -0.4 is 0 Å². The summed E-state index contributed by atoms with van der Waals surface area (Å²) < 4.78 is 1.83. The third kappa shape index (κ3) is 3.23. The first-order valence-electron chi connectivity index (χ1n) is 7.08. The lowest BCUT2D eigenvalue weighted by atomic mass is 9.97. The summed E-state index contributed by atoms with van der Waals surface area (Å²) in [6.45, 7) is 3.44. The van der Waals surface area contributed by atoms with Gasteiger partial charge in [-0.2, -0.15) is 5.10 Å². The van der Waals surface area contributed by atoms with Crippen molar-refractivity contribution in [3.05, 3.63) is 48.5 Å². The van der Waals surface area contributed by atoms with Crippen molar-refractivity contribution in [2.24, 2.45) is 5.92 Å². The van der Waals surface area contributed by atoms with Crippen LogP contribution in [0.4, 0.5) is 0 Å². The van der Waals surface area contributed by atoms with Crippen LogP contribution in [0.5, 0.6) is 0 Å². The highest BCUT2D eigenvalue weighted by Crippen LogP contribution is 2.21. The molecule has 2 aromatic rings. The van der Waals surface area contributed by atoms with Crippen LogP contribution in [0.15, 0.2) is 43.0 Å². The summed E-state index contributed by atoms with van der Waals surface area (Å²) in [6.07, 6.45) is 4.00. The maximum absolute atomic E-state index is 10.2. The van der Waals surface area contributed by atoms with E-state index in [-0.39, 0.29) is 6.10 Å². The summed E-state index contributed by atoms with van der Waals surface area (Å²) in [5.74, 6) is 0.327. The normalized spacial score (nSPS) is 23.2. The lowest BCUT2D eigenvalue weighted by Gasteiger charge is -2.15. The molecule has 3 rings (SSSR count). The molecule has 1 aliphatic rings. The first kappa shape index (κ1) is 13.3. The molecule has 5 nitrogen and oxygen atoms in total. The second kappa shape index (κ2) is 6.15. The number of aliphatic hydroxyl groups excluding tert-OH is 1. The van der Waals surface area contributed by atoms with Crippen molar-refractivity contribution in [2.75, 3.05) is 19.6 Å². The Hall–Kier alpha value is -1.72. The van der Waals surface area contributed by atoms with Gasteiger partial charge in [-0.25, -0.2) is 4.98 Å². The van der Waals surface area contributed by atoms with Crippen LogP contribution in [0.25, 0.3) is 0 Å². The van der Waals surface area contributed by atoms with Crippen LogP contribution >= 0.6 is 0 Å². The molecule has 1 aromatic carbocycles. The minimum atomic E-state index is -0.231. The number of rotatable bonds is 5. The van der Waals surface area contributed by atoms with Gasteiger partial charge in [0, 0.05) is 25.6 Å². The van der Waals surface area contributed by atoms with Gasteiger partial charge in [-0.1, -0.05) is 30.3 Å². The third-order valence-electron chi connectivity index (χ3n) is 3.93. The number of β-amino-alcohol motifs (C(OH)–C–C–N with tert-alkyl or cyclic N) is 1. The van der Waals surface area contributed by atoms with Gasteiger partial charge in [-0.05, 0) is 12.0 Å². The lowest BCUT2D eigenvalue weighted by Crippen LogP contribution is -2.26. The average molecular weight is 272 g/mol. The number of aliphatic hydroxyl groups is 1. The molecule has 1 aromatic heterocycles. The van der Waals surface area contributed by atoms with E-state index in [1.54, 1.807) is 12.7 Å². The molecule has 1 aliphatic heterocycles. The molecule has 0 bridgehead atoms. The van der Waals surface area contributed by atoms with Crippen molar-refractivity contribution in [3.63, 3.8) is 0 Å². The molecular weight excluding hydrogens is 252 g/mol. The number of nitrogens with zero attached hydrogens (tertiary/aromatic N) is 4. The Balaban J connectivity index is 1.51. The number of benzene rings is 1. The second-order valence-corrected chi connectivity index (χ2v) is 5.44. The second-order valence-electron chi connectivity index (χ2n) is 5.44. The average Bonchev–Trinajstić information content (AvgIpc) is 3.08. The van der Waals surface area contributed by atoms with Crippen molar-refractivity contribution in [1.29, 1.82) is 0 Å². The summed E-state index contributed by atoms with van der Waals surface area (Å²) >= 11 is 0. The van der Waals surface area contributed by atoms with Gasteiger partial charge >= 0.3 is 0 Å². The van der Waals surface area contributed by atoms with Crippen LogP contribution in [0.2, 0.25) is 0 Å². The minimum Gasteiger partial charge on any atom is -0.391 e. The molecule has 0 aliphatic carbocycles. The van der Waals surface area contributed by atoms with Crippen LogP contribution in [-0.2, 0) is 13.0 Å². The summed E-state index contributed by atoms with van der Waals surface area (Å²) in [7, 11) is 0. The molecule has 2 heterocycles. The Morgan fingerprint density at radius 2 is 2.00 bits per heavy atom. The van der Waals surface area contributed by atoms with E-state index >= 15 is 0 Å². The molecule has 1 saturated heterocycles. The molecule has 0 amide bonds. The van der Waals surface area contributed by atoms with E-state index in [4.69, 9.17) is 0 Å². The SMILES string of the molecule is O[C@@H]1CN(CCn2cncn2)C[C@H]1Cc1ccccc1. The van der Waals surface area contributed by atoms with Crippen molar-refractivity contribution >= 4 is 0 Å². The monoisotopic (exact) mass is 272 g/mol. The van der Waals surface area contributed by atoms with E-state index < -0.39 is 0 Å². The predicted molar refractivity (Wildman–Crippen MR) is 76.1 cm³/mol. The summed E-state index contributed by atoms with van der Waals surface area (Å²) in [4.78, 5) is 6.24. The van der Waals surface area contributed by atoms with Gasteiger partial charge in [-0.3, -0.25) is 9.58 Å². The number of hydrogen-bond donors (Lipinski definition) is 1. The van der Waals surface area contributed by atoms with E-state index in [1.165, 1.54) is 5.56 Å². The van der Waals surface area contributed by atoms with Gasteiger partial charge in [0.05, 0.1) is 12.6 Å². The predicted octanol–water partition coefficient (Wildman–Crippen LogP) is 0.813. The van der Waals surface area contributed by atoms with Gasteiger partial charge in [0.1, 0.15) is 12.7 Å². The van der Waals surface area contributed by atoms with E-state index in [9.17, 15) is 5.11 Å². The zero-order valence-corrected chi connectivity index (χ0v) is 11.5. The van der Waals surface area contributed by atoms with Crippen molar-refractivity contribution in [1.82, 2.24) is 19.7 Å². The first-order chi connectivity index (χ1) is 9.81. The first-order valence-corrected chi connectivity index (χ1v) is 7.08. The standard InChI is InChI=1S/C15H20N4O/c20-15-10-18(6-7-19-12-16-11-17-19)9-14(15)8-13-4-2-1-3-5-13/h1-5,11-12,14-15,20H,6-10H2/t14-,15-/m1/s1. The molecule has 0 saturated carbocycles. The third-order valence-corrected chi connectivity index (χ3v) is 3.93. The van der Waals surface area contributed by atoms with Gasteiger partial charge in [0.2, 0.25) is 0 Å². The minimum absolute atomic E-state index is 0.231. The Morgan fingerprint density at radius 1 is 1.15 bits per heavy atom. The largest absolute Gasteiger partial charge is 0.391 e. The Morgan fingerprint density at radius 3 is 2.75 bits per heavy atom. The van der Waals surface area contributed by atoms with Gasteiger partial charge in [0.25, 0.3) is 0 Å². The number of hydrogen-bond acceptors (Lipinski definition) is 4. The fraction of sp³-hybridized carbons (Fsp3) is 0.467. The summed E-state index contributed by atoms with van der Waals surface area (Å²) in [5, 5.41) is 14.3. The van der Waals surface area contributed by atoms with Crippen molar-refractivity contribution in [3.8, 4) is 0 Å². The van der Waals surface area contributed by atoms with E-state index in [2.05, 4.69) is 39.2 Å². The number of likely N-dealkylation sites (tertiary alicyclic amines) is 1. The molecule has 5 heteroatoms. The maximum Gasteiger partial charge on any atom is 0.137 e. The fourth-order valence-electron chi connectivity index (χ4n) is 2.83. The molecule has 20 heavy (non-hydrogen) atoms. The molecule has 106 valence electrons. The molecule has 2 atom stereocenters. The van der Waals surface area contributed by atoms with Crippen molar-refractivity contribution in [2.45, 2.75) is 19.1 Å². The quantitative estimate of drug-likeness (QED) is 0.875. The summed E-state index contributed by atoms with van der Waals surface area (Å²) in [5.41, 5.74) is 1.30. The highest BCUT2D eigenvalue weighted by molar-refractivity contribution is 5.16. The van der Waals surface area contributed by atoms with Crippen LogP contribution in [0.1, 0.15) is 5.56 Å². The zero-order chi connectivity index (χ0) is 13.8. The molecular formula is C15H20N4O.